The first kappa shape index (κ1) is 14.9. The number of rotatable bonds is 4. The molecule has 0 aliphatic heterocycles. The van der Waals surface area contributed by atoms with E-state index in [1.165, 1.54) is 23.1 Å². The lowest BCUT2D eigenvalue weighted by Gasteiger charge is -2.18. The lowest BCUT2D eigenvalue weighted by Crippen LogP contribution is -2.26. The molecule has 0 aliphatic carbocycles. The van der Waals surface area contributed by atoms with Crippen molar-refractivity contribution in [3.05, 3.63) is 59.2 Å². The fraction of sp³-hybridized carbons (Fsp3) is 0.188. The highest BCUT2D eigenvalue weighted by Gasteiger charge is 2.19. The van der Waals surface area contributed by atoms with E-state index in [-0.39, 0.29) is 17.1 Å². The number of phenols is 2. The Morgan fingerprint density at radius 2 is 1.57 bits per heavy atom. The fourth-order valence-electron chi connectivity index (χ4n) is 2.06. The van der Waals surface area contributed by atoms with E-state index in [0.29, 0.717) is 13.1 Å². The number of aromatic hydroxyl groups is 2. The number of nitrogens with two attached hydrogens (primary N) is 1. The number of carbonyl (C=O) groups excluding carboxylic acids is 1. The Hall–Kier alpha value is -2.53. The van der Waals surface area contributed by atoms with Gasteiger partial charge in [-0.25, -0.2) is 0 Å². The molecule has 0 spiro atoms. The molecule has 2 rings (SSSR count). The van der Waals surface area contributed by atoms with Crippen LogP contribution in [0.25, 0.3) is 0 Å². The number of hydrogen-bond acceptors (Lipinski definition) is 4. The van der Waals surface area contributed by atoms with Crippen molar-refractivity contribution >= 4 is 5.91 Å². The molecule has 110 valence electrons. The first-order chi connectivity index (χ1) is 10.0. The van der Waals surface area contributed by atoms with E-state index in [0.717, 1.165) is 11.1 Å². The Balaban J connectivity index is 2.15. The Labute approximate surface area is 123 Å². The summed E-state index contributed by atoms with van der Waals surface area (Å²) in [6.45, 7) is 0.846. The van der Waals surface area contributed by atoms with Crippen molar-refractivity contribution in [2.75, 3.05) is 7.05 Å². The van der Waals surface area contributed by atoms with Gasteiger partial charge < -0.3 is 20.8 Å². The lowest BCUT2D eigenvalue weighted by atomic mass is 10.1. The zero-order valence-corrected chi connectivity index (χ0v) is 11.8. The summed E-state index contributed by atoms with van der Waals surface area (Å²) in [7, 11) is 1.62. The Kier molecular flexibility index (Phi) is 4.45. The maximum absolute atomic E-state index is 12.3. The summed E-state index contributed by atoms with van der Waals surface area (Å²) >= 11 is 0. The van der Waals surface area contributed by atoms with Crippen LogP contribution in [0.15, 0.2) is 42.5 Å². The molecule has 4 N–H and O–H groups in total. The average molecular weight is 286 g/mol. The summed E-state index contributed by atoms with van der Waals surface area (Å²) < 4.78 is 0. The number of carbonyl (C=O) groups is 1. The summed E-state index contributed by atoms with van der Waals surface area (Å²) in [6, 6.07) is 11.8. The van der Waals surface area contributed by atoms with Gasteiger partial charge in [-0.05, 0) is 23.3 Å². The first-order valence-corrected chi connectivity index (χ1v) is 6.57. The second-order valence-corrected chi connectivity index (χ2v) is 4.85. The van der Waals surface area contributed by atoms with Crippen molar-refractivity contribution in [2.45, 2.75) is 13.1 Å². The van der Waals surface area contributed by atoms with Crippen LogP contribution in [-0.2, 0) is 13.1 Å². The minimum atomic E-state index is -0.437. The fourth-order valence-corrected chi connectivity index (χ4v) is 2.06. The topological polar surface area (TPSA) is 86.8 Å². The van der Waals surface area contributed by atoms with E-state index in [4.69, 9.17) is 5.73 Å². The molecule has 21 heavy (non-hydrogen) atoms. The summed E-state index contributed by atoms with van der Waals surface area (Å²) in [5, 5.41) is 19.4. The summed E-state index contributed by atoms with van der Waals surface area (Å²) in [5.74, 6) is -0.899. The van der Waals surface area contributed by atoms with Crippen LogP contribution >= 0.6 is 0 Å². The molecule has 5 nitrogen and oxygen atoms in total. The normalized spacial score (nSPS) is 10.4. The highest BCUT2D eigenvalue weighted by atomic mass is 16.3. The van der Waals surface area contributed by atoms with Crippen LogP contribution in [0.4, 0.5) is 0 Å². The lowest BCUT2D eigenvalue weighted by molar-refractivity contribution is 0.0779. The molecule has 0 bridgehead atoms. The van der Waals surface area contributed by atoms with Gasteiger partial charge in [-0.1, -0.05) is 30.3 Å². The van der Waals surface area contributed by atoms with Crippen molar-refractivity contribution in [1.82, 2.24) is 4.90 Å². The van der Waals surface area contributed by atoms with Crippen LogP contribution in [0.3, 0.4) is 0 Å². The quantitative estimate of drug-likeness (QED) is 0.800. The summed E-state index contributed by atoms with van der Waals surface area (Å²) in [6.07, 6.45) is 0. The predicted molar refractivity (Wildman–Crippen MR) is 79.9 cm³/mol. The van der Waals surface area contributed by atoms with E-state index >= 15 is 0 Å². The van der Waals surface area contributed by atoms with Gasteiger partial charge in [0.1, 0.15) is 17.1 Å². The van der Waals surface area contributed by atoms with Crippen molar-refractivity contribution in [1.29, 1.82) is 0 Å². The number of nitrogens with zero attached hydrogens (tertiary/aromatic N) is 1. The maximum atomic E-state index is 12.3. The van der Waals surface area contributed by atoms with Gasteiger partial charge in [0.2, 0.25) is 0 Å². The molecule has 0 fully saturated rings. The molecular weight excluding hydrogens is 268 g/mol. The largest absolute Gasteiger partial charge is 0.507 e. The first-order valence-electron chi connectivity index (χ1n) is 6.57. The Bertz CT molecular complexity index is 618. The zero-order valence-electron chi connectivity index (χ0n) is 11.8. The van der Waals surface area contributed by atoms with Crippen molar-refractivity contribution < 1.29 is 15.0 Å². The molecule has 0 saturated carbocycles. The van der Waals surface area contributed by atoms with E-state index in [9.17, 15) is 15.0 Å². The molecule has 1 amide bonds. The van der Waals surface area contributed by atoms with Crippen molar-refractivity contribution in [3.63, 3.8) is 0 Å². The van der Waals surface area contributed by atoms with Crippen LogP contribution in [0.5, 0.6) is 11.5 Å². The molecule has 2 aromatic carbocycles. The second kappa shape index (κ2) is 6.28. The smallest absolute Gasteiger partial charge is 0.261 e. The minimum absolute atomic E-state index is 0.0846. The zero-order chi connectivity index (χ0) is 15.4. The molecule has 0 unspecified atom stereocenters. The molecule has 0 aromatic heterocycles. The van der Waals surface area contributed by atoms with Crippen LogP contribution in [0.1, 0.15) is 21.5 Å². The molecule has 2 aromatic rings. The van der Waals surface area contributed by atoms with Gasteiger partial charge in [0.15, 0.2) is 0 Å². The minimum Gasteiger partial charge on any atom is -0.507 e. The molecule has 0 heterocycles. The third-order valence-corrected chi connectivity index (χ3v) is 3.26. The van der Waals surface area contributed by atoms with E-state index < -0.39 is 5.91 Å². The van der Waals surface area contributed by atoms with E-state index in [2.05, 4.69) is 0 Å². The molecule has 0 atom stereocenters. The van der Waals surface area contributed by atoms with Crippen molar-refractivity contribution in [2.24, 2.45) is 5.73 Å². The van der Waals surface area contributed by atoms with E-state index in [1.807, 2.05) is 24.3 Å². The van der Waals surface area contributed by atoms with Gasteiger partial charge >= 0.3 is 0 Å². The SMILES string of the molecule is CN(Cc1ccc(CN)cc1)C(=O)c1c(O)cccc1O. The predicted octanol–water partition coefficient (Wildman–Crippen LogP) is 1.83. The molecule has 0 radical (unpaired) electrons. The molecule has 0 saturated heterocycles. The second-order valence-electron chi connectivity index (χ2n) is 4.85. The number of hydrogen-bond donors (Lipinski definition) is 3. The standard InChI is InChI=1S/C16H18N2O3/c1-18(10-12-7-5-11(9-17)6-8-12)16(21)15-13(19)3-2-4-14(15)20/h2-8,19-20H,9-10,17H2,1H3. The van der Waals surface area contributed by atoms with Gasteiger partial charge in [-0.3, -0.25) is 4.79 Å². The highest BCUT2D eigenvalue weighted by molar-refractivity contribution is 5.99. The van der Waals surface area contributed by atoms with Gasteiger partial charge in [0, 0.05) is 20.1 Å². The third-order valence-electron chi connectivity index (χ3n) is 3.26. The van der Waals surface area contributed by atoms with Crippen LogP contribution in [0.2, 0.25) is 0 Å². The van der Waals surface area contributed by atoms with Crippen LogP contribution in [0, 0.1) is 0 Å². The van der Waals surface area contributed by atoms with E-state index in [1.54, 1.807) is 7.05 Å². The number of benzene rings is 2. The number of phenolic OH excluding ortho intramolecular Hbond substituents is 2. The Morgan fingerprint density at radius 3 is 2.10 bits per heavy atom. The van der Waals surface area contributed by atoms with Gasteiger partial charge in [-0.15, -0.1) is 0 Å². The summed E-state index contributed by atoms with van der Waals surface area (Å²) in [5.41, 5.74) is 7.42. The summed E-state index contributed by atoms with van der Waals surface area (Å²) in [4.78, 5) is 13.7. The monoisotopic (exact) mass is 286 g/mol. The van der Waals surface area contributed by atoms with Gasteiger partial charge in [0.25, 0.3) is 5.91 Å². The highest BCUT2D eigenvalue weighted by Crippen LogP contribution is 2.27. The third kappa shape index (κ3) is 3.32. The maximum Gasteiger partial charge on any atom is 0.261 e. The molecular formula is C16H18N2O3. The van der Waals surface area contributed by atoms with Crippen LogP contribution in [-0.4, -0.2) is 28.1 Å². The number of amides is 1. The van der Waals surface area contributed by atoms with Gasteiger partial charge in [0.05, 0.1) is 0 Å². The Morgan fingerprint density at radius 1 is 1.05 bits per heavy atom. The molecule has 5 heteroatoms. The molecule has 0 aliphatic rings. The van der Waals surface area contributed by atoms with Crippen molar-refractivity contribution in [3.8, 4) is 11.5 Å². The van der Waals surface area contributed by atoms with Crippen LogP contribution < -0.4 is 5.73 Å². The average Bonchev–Trinajstić information content (AvgIpc) is 2.47. The van der Waals surface area contributed by atoms with Gasteiger partial charge in [-0.2, -0.15) is 0 Å².